The average molecular weight is 402 g/mol. The Morgan fingerprint density at radius 2 is 1.75 bits per heavy atom. The highest BCUT2D eigenvalue weighted by atomic mass is 35.5. The van der Waals surface area contributed by atoms with E-state index in [0.29, 0.717) is 22.0 Å². The van der Waals surface area contributed by atoms with Crippen molar-refractivity contribution in [2.45, 2.75) is 6.92 Å². The molecule has 7 heteroatoms. The molecule has 1 N–H and O–H groups in total. The molecular formula is C21H24ClN3O3. The van der Waals surface area contributed by atoms with Crippen LogP contribution in [0.4, 0.5) is 11.4 Å². The number of amides is 1. The van der Waals surface area contributed by atoms with Crippen LogP contribution in [0, 0.1) is 0 Å². The molecule has 1 aliphatic rings. The minimum atomic E-state index is -0.270. The third-order valence-corrected chi connectivity index (χ3v) is 4.94. The van der Waals surface area contributed by atoms with Gasteiger partial charge in [0.05, 0.1) is 11.4 Å². The van der Waals surface area contributed by atoms with Gasteiger partial charge in [-0.2, -0.15) is 0 Å². The third-order valence-electron chi connectivity index (χ3n) is 4.71. The van der Waals surface area contributed by atoms with Gasteiger partial charge in [0.15, 0.2) is 12.4 Å². The number of carbonyl (C=O) groups excluding carboxylic acids is 2. The van der Waals surface area contributed by atoms with Crippen LogP contribution in [0.3, 0.4) is 0 Å². The molecule has 0 aliphatic carbocycles. The predicted octanol–water partition coefficient (Wildman–Crippen LogP) is 3.31. The van der Waals surface area contributed by atoms with E-state index in [1.807, 2.05) is 12.1 Å². The Hall–Kier alpha value is -2.57. The predicted molar refractivity (Wildman–Crippen MR) is 112 cm³/mol. The quantitative estimate of drug-likeness (QED) is 0.752. The largest absolute Gasteiger partial charge is 0.484 e. The molecule has 1 saturated heterocycles. The first-order valence-electron chi connectivity index (χ1n) is 9.19. The van der Waals surface area contributed by atoms with Crippen LogP contribution in [0.1, 0.15) is 17.3 Å². The van der Waals surface area contributed by atoms with Crippen LogP contribution in [-0.2, 0) is 4.79 Å². The molecule has 148 valence electrons. The number of halogens is 1. The Kier molecular flexibility index (Phi) is 6.54. The Labute approximate surface area is 170 Å². The van der Waals surface area contributed by atoms with Crippen molar-refractivity contribution in [1.29, 1.82) is 0 Å². The van der Waals surface area contributed by atoms with Crippen LogP contribution in [0.5, 0.6) is 5.75 Å². The lowest BCUT2D eigenvalue weighted by Crippen LogP contribution is -2.44. The molecule has 1 heterocycles. The molecular weight excluding hydrogens is 378 g/mol. The van der Waals surface area contributed by atoms with Gasteiger partial charge in [-0.3, -0.25) is 9.59 Å². The zero-order chi connectivity index (χ0) is 20.1. The van der Waals surface area contributed by atoms with Crippen molar-refractivity contribution in [2.24, 2.45) is 0 Å². The first kappa shape index (κ1) is 20.2. The first-order valence-corrected chi connectivity index (χ1v) is 9.57. The SMILES string of the molecule is CC(=O)c1ccc(OCC(=O)Nc2cc(Cl)ccc2N2CCN(C)CC2)cc1. The molecule has 0 spiro atoms. The lowest BCUT2D eigenvalue weighted by molar-refractivity contribution is -0.118. The second kappa shape index (κ2) is 9.08. The number of piperazine rings is 1. The summed E-state index contributed by atoms with van der Waals surface area (Å²) in [4.78, 5) is 28.2. The van der Waals surface area contributed by atoms with Crippen LogP contribution in [0.25, 0.3) is 0 Å². The molecule has 1 aliphatic heterocycles. The molecule has 0 saturated carbocycles. The lowest BCUT2D eigenvalue weighted by atomic mass is 10.1. The average Bonchev–Trinajstić information content (AvgIpc) is 2.68. The fourth-order valence-electron chi connectivity index (χ4n) is 3.05. The maximum atomic E-state index is 12.4. The fraction of sp³-hybridized carbons (Fsp3) is 0.333. The number of anilines is 2. The van der Waals surface area contributed by atoms with Crippen LogP contribution >= 0.6 is 11.6 Å². The van der Waals surface area contributed by atoms with Crippen LogP contribution in [0.15, 0.2) is 42.5 Å². The molecule has 0 unspecified atom stereocenters. The molecule has 6 nitrogen and oxygen atoms in total. The monoisotopic (exact) mass is 401 g/mol. The van der Waals surface area contributed by atoms with Crippen molar-refractivity contribution in [3.05, 3.63) is 53.1 Å². The van der Waals surface area contributed by atoms with E-state index >= 15 is 0 Å². The molecule has 2 aromatic rings. The number of likely N-dealkylation sites (N-methyl/N-ethyl adjacent to an activating group) is 1. The zero-order valence-corrected chi connectivity index (χ0v) is 16.8. The molecule has 0 bridgehead atoms. The number of hydrogen-bond acceptors (Lipinski definition) is 5. The number of ether oxygens (including phenoxy) is 1. The van der Waals surface area contributed by atoms with E-state index in [-0.39, 0.29) is 18.3 Å². The summed E-state index contributed by atoms with van der Waals surface area (Å²) in [5.74, 6) is 0.250. The summed E-state index contributed by atoms with van der Waals surface area (Å²) in [6, 6.07) is 12.2. The Morgan fingerprint density at radius 3 is 2.39 bits per heavy atom. The van der Waals surface area contributed by atoms with Gasteiger partial charge < -0.3 is 19.9 Å². The van der Waals surface area contributed by atoms with E-state index in [4.69, 9.17) is 16.3 Å². The molecule has 1 amide bonds. The van der Waals surface area contributed by atoms with Gasteiger partial charge >= 0.3 is 0 Å². The topological polar surface area (TPSA) is 61.9 Å². The van der Waals surface area contributed by atoms with Gasteiger partial charge in [0.1, 0.15) is 5.75 Å². The minimum Gasteiger partial charge on any atom is -0.484 e. The minimum absolute atomic E-state index is 0.0123. The molecule has 3 rings (SSSR count). The highest BCUT2D eigenvalue weighted by Crippen LogP contribution is 2.30. The zero-order valence-electron chi connectivity index (χ0n) is 16.1. The van der Waals surface area contributed by atoms with E-state index in [0.717, 1.165) is 31.9 Å². The van der Waals surface area contributed by atoms with Crippen molar-refractivity contribution in [3.8, 4) is 5.75 Å². The van der Waals surface area contributed by atoms with E-state index in [1.54, 1.807) is 30.3 Å². The highest BCUT2D eigenvalue weighted by molar-refractivity contribution is 6.31. The number of nitrogens with zero attached hydrogens (tertiary/aromatic N) is 2. The Morgan fingerprint density at radius 1 is 1.07 bits per heavy atom. The summed E-state index contributed by atoms with van der Waals surface area (Å²) in [6.45, 7) is 5.09. The smallest absolute Gasteiger partial charge is 0.262 e. The van der Waals surface area contributed by atoms with Gasteiger partial charge in [0.2, 0.25) is 0 Å². The summed E-state index contributed by atoms with van der Waals surface area (Å²) in [7, 11) is 2.10. The molecule has 0 atom stereocenters. The fourth-order valence-corrected chi connectivity index (χ4v) is 3.22. The molecule has 2 aromatic carbocycles. The number of rotatable bonds is 6. The third kappa shape index (κ3) is 5.24. The molecule has 0 radical (unpaired) electrons. The maximum absolute atomic E-state index is 12.4. The van der Waals surface area contributed by atoms with Crippen molar-refractivity contribution in [1.82, 2.24) is 4.90 Å². The standard InChI is InChI=1S/C21H24ClN3O3/c1-15(26)16-3-6-18(7-4-16)28-14-21(27)23-19-13-17(22)5-8-20(19)25-11-9-24(2)10-12-25/h3-8,13H,9-12,14H2,1-2H3,(H,23,27). The van der Waals surface area contributed by atoms with E-state index in [2.05, 4.69) is 22.2 Å². The molecule has 0 aromatic heterocycles. The van der Waals surface area contributed by atoms with E-state index in [9.17, 15) is 9.59 Å². The van der Waals surface area contributed by atoms with Crippen LogP contribution in [0.2, 0.25) is 5.02 Å². The first-order chi connectivity index (χ1) is 13.4. The number of benzene rings is 2. The van der Waals surface area contributed by atoms with Gasteiger partial charge in [-0.25, -0.2) is 0 Å². The molecule has 28 heavy (non-hydrogen) atoms. The van der Waals surface area contributed by atoms with Crippen molar-refractivity contribution in [2.75, 3.05) is 50.1 Å². The van der Waals surface area contributed by atoms with Gasteiger partial charge in [-0.15, -0.1) is 0 Å². The summed E-state index contributed by atoms with van der Waals surface area (Å²) in [6.07, 6.45) is 0. The maximum Gasteiger partial charge on any atom is 0.262 e. The summed E-state index contributed by atoms with van der Waals surface area (Å²) >= 11 is 6.14. The van der Waals surface area contributed by atoms with Crippen LogP contribution < -0.4 is 15.0 Å². The lowest BCUT2D eigenvalue weighted by Gasteiger charge is -2.35. The Bertz CT molecular complexity index is 846. The van der Waals surface area contributed by atoms with Crippen molar-refractivity contribution < 1.29 is 14.3 Å². The normalized spacial score (nSPS) is 14.6. The molecule has 1 fully saturated rings. The Balaban J connectivity index is 1.63. The summed E-state index contributed by atoms with van der Waals surface area (Å²) in [5, 5.41) is 3.47. The number of Topliss-reactive ketones (excluding diaryl/α,β-unsaturated/α-hetero) is 1. The van der Waals surface area contributed by atoms with Crippen LogP contribution in [-0.4, -0.2) is 56.4 Å². The van der Waals surface area contributed by atoms with Crippen molar-refractivity contribution in [3.63, 3.8) is 0 Å². The van der Waals surface area contributed by atoms with Crippen molar-refractivity contribution >= 4 is 34.7 Å². The second-order valence-electron chi connectivity index (χ2n) is 6.87. The van der Waals surface area contributed by atoms with Gasteiger partial charge in [0, 0.05) is 36.8 Å². The number of carbonyl (C=O) groups is 2. The van der Waals surface area contributed by atoms with Gasteiger partial charge in [-0.05, 0) is 56.4 Å². The number of ketones is 1. The summed E-state index contributed by atoms with van der Waals surface area (Å²) < 4.78 is 5.53. The number of nitrogens with one attached hydrogen (secondary N) is 1. The van der Waals surface area contributed by atoms with Gasteiger partial charge in [-0.1, -0.05) is 11.6 Å². The highest BCUT2D eigenvalue weighted by Gasteiger charge is 2.18. The van der Waals surface area contributed by atoms with E-state index in [1.165, 1.54) is 6.92 Å². The summed E-state index contributed by atoms with van der Waals surface area (Å²) in [5.41, 5.74) is 2.24. The van der Waals surface area contributed by atoms with Gasteiger partial charge in [0.25, 0.3) is 5.91 Å². The second-order valence-corrected chi connectivity index (χ2v) is 7.31. The number of hydrogen-bond donors (Lipinski definition) is 1. The van der Waals surface area contributed by atoms with E-state index < -0.39 is 0 Å².